The molecule has 2 heterocycles. The molecule has 0 saturated carbocycles. The first-order valence-corrected chi connectivity index (χ1v) is 24.0. The Balaban J connectivity index is 2.44. The molecule has 1 aromatic rings. The Morgan fingerprint density at radius 2 is 1.43 bits per heavy atom. The summed E-state index contributed by atoms with van der Waals surface area (Å²) in [6.07, 6.45) is -0.321. The molecule has 1 aromatic heterocycles. The molecule has 1 N–H and O–H groups in total. The van der Waals surface area contributed by atoms with Crippen LogP contribution in [0.2, 0.25) is 36.3 Å². The molecule has 49 heavy (non-hydrogen) atoms. The fourth-order valence-corrected chi connectivity index (χ4v) is 7.63. The number of carbonyl (C=O) groups excluding carboxylic acids is 2. The second-order valence-electron chi connectivity index (χ2n) is 17.0. The predicted molar refractivity (Wildman–Crippen MR) is 202 cm³/mol. The van der Waals surface area contributed by atoms with Crippen LogP contribution < -0.4 is 11.2 Å². The summed E-state index contributed by atoms with van der Waals surface area (Å²) in [6, 6.07) is 0. The maximum absolute atomic E-state index is 13.9. The van der Waals surface area contributed by atoms with E-state index in [9.17, 15) is 19.2 Å². The zero-order valence-electron chi connectivity index (χ0n) is 32.1. The van der Waals surface area contributed by atoms with E-state index in [2.05, 4.69) is 88.6 Å². The van der Waals surface area contributed by atoms with Gasteiger partial charge in [-0.05, 0) is 72.0 Å². The molecular formula is C35H61BrN2O9Si2. The molecule has 280 valence electrons. The van der Waals surface area contributed by atoms with Crippen LogP contribution in [0.1, 0.15) is 100 Å². The van der Waals surface area contributed by atoms with Crippen LogP contribution in [0.4, 0.5) is 0 Å². The van der Waals surface area contributed by atoms with Gasteiger partial charge in [-0.15, -0.1) is 0 Å². The zero-order chi connectivity index (χ0) is 37.7. The van der Waals surface area contributed by atoms with E-state index in [1.54, 1.807) is 0 Å². The van der Waals surface area contributed by atoms with Crippen molar-refractivity contribution in [2.45, 2.75) is 155 Å². The SMILES string of the molecule is CC(C)CC(O[Si](C)(C)C(C)(C)C)C(=O)OC[C@H]1O[C@@H](n2cc(/C=C/Br)c(=O)[nH]c2=O)C[C@@H]1OC(=O)C(CC(C)C)O[Si](C)(C)C(C)(C)C. The van der Waals surface area contributed by atoms with Crippen LogP contribution in [0.5, 0.6) is 0 Å². The van der Waals surface area contributed by atoms with Crippen molar-refractivity contribution in [2.75, 3.05) is 6.61 Å². The summed E-state index contributed by atoms with van der Waals surface area (Å²) in [5.74, 6) is -0.705. The Morgan fingerprint density at radius 3 is 1.88 bits per heavy atom. The van der Waals surface area contributed by atoms with Gasteiger partial charge in [-0.3, -0.25) is 14.3 Å². The molecule has 1 aliphatic rings. The van der Waals surface area contributed by atoms with Crippen molar-refractivity contribution < 1.29 is 32.7 Å². The number of ether oxygens (including phenoxy) is 3. The fourth-order valence-electron chi connectivity index (χ4n) is 4.83. The third-order valence-electron chi connectivity index (χ3n) is 9.77. The van der Waals surface area contributed by atoms with Gasteiger partial charge >= 0.3 is 17.6 Å². The van der Waals surface area contributed by atoms with E-state index in [1.807, 2.05) is 27.7 Å². The van der Waals surface area contributed by atoms with Crippen molar-refractivity contribution in [3.8, 4) is 0 Å². The molecule has 5 atom stereocenters. The van der Waals surface area contributed by atoms with Gasteiger partial charge in [0, 0.05) is 12.6 Å². The highest BCUT2D eigenvalue weighted by Crippen LogP contribution is 2.40. The van der Waals surface area contributed by atoms with Gasteiger partial charge in [0.2, 0.25) is 0 Å². The Bertz CT molecular complexity index is 1420. The largest absolute Gasteiger partial charge is 0.461 e. The molecule has 0 aliphatic carbocycles. The zero-order valence-corrected chi connectivity index (χ0v) is 35.7. The standard InChI is InChI=1S/C35H61BrN2O9Si2/c1-22(2)17-26(46-48(11,12)34(5,6)7)31(40)43-21-28-25(19-29(44-28)38-20-24(15-16-36)30(39)37-33(38)42)45-32(41)27(18-23(3)4)47-49(13,14)35(8,9)10/h15-16,20,22-23,25-29H,17-19,21H2,1-14H3,(H,37,39,42)/b16-15+/t25-,26?,27?,28+,29+/m0/s1. The quantitative estimate of drug-likeness (QED) is 0.141. The van der Waals surface area contributed by atoms with Crippen molar-refractivity contribution >= 4 is 50.6 Å². The summed E-state index contributed by atoms with van der Waals surface area (Å²) in [6.45, 7) is 28.9. The third kappa shape index (κ3) is 12.1. The smallest absolute Gasteiger partial charge is 0.334 e. The van der Waals surface area contributed by atoms with Crippen LogP contribution in [0.25, 0.3) is 6.08 Å². The topological polar surface area (TPSA) is 135 Å². The monoisotopic (exact) mass is 788 g/mol. The molecule has 1 aliphatic heterocycles. The average Bonchev–Trinajstić information content (AvgIpc) is 3.32. The first kappa shape index (κ1) is 43.3. The highest BCUT2D eigenvalue weighted by atomic mass is 79.9. The lowest BCUT2D eigenvalue weighted by Gasteiger charge is -2.39. The van der Waals surface area contributed by atoms with Crippen LogP contribution in [0.3, 0.4) is 0 Å². The molecular weight excluding hydrogens is 728 g/mol. The summed E-state index contributed by atoms with van der Waals surface area (Å²) >= 11 is 3.17. The molecule has 2 unspecified atom stereocenters. The number of esters is 2. The Hall–Kier alpha value is -1.85. The van der Waals surface area contributed by atoms with Crippen molar-refractivity contribution in [1.82, 2.24) is 9.55 Å². The maximum Gasteiger partial charge on any atom is 0.334 e. The highest BCUT2D eigenvalue weighted by Gasteiger charge is 2.46. The Kier molecular flexibility index (Phi) is 15.1. The van der Waals surface area contributed by atoms with Gasteiger partial charge in [-0.2, -0.15) is 0 Å². The van der Waals surface area contributed by atoms with Crippen LogP contribution in [0.15, 0.2) is 20.8 Å². The minimum Gasteiger partial charge on any atom is -0.461 e. The fraction of sp³-hybridized carbons (Fsp3) is 0.771. The lowest BCUT2D eigenvalue weighted by molar-refractivity contribution is -0.168. The summed E-state index contributed by atoms with van der Waals surface area (Å²) in [7, 11) is -4.67. The minimum absolute atomic E-state index is 0.0851. The molecule has 1 saturated heterocycles. The lowest BCUT2D eigenvalue weighted by Crippen LogP contribution is -2.48. The number of halogens is 1. The van der Waals surface area contributed by atoms with Gasteiger partial charge in [-0.25, -0.2) is 14.4 Å². The summed E-state index contributed by atoms with van der Waals surface area (Å²) < 4.78 is 32.6. The van der Waals surface area contributed by atoms with Crippen molar-refractivity contribution in [1.29, 1.82) is 0 Å². The number of rotatable bonds is 15. The second-order valence-corrected chi connectivity index (χ2v) is 27.0. The summed E-state index contributed by atoms with van der Waals surface area (Å²) in [5.41, 5.74) is -1.01. The van der Waals surface area contributed by atoms with E-state index in [-0.39, 0.29) is 40.5 Å². The van der Waals surface area contributed by atoms with Crippen molar-refractivity contribution in [3.05, 3.63) is 37.6 Å². The molecule has 0 amide bonds. The number of aromatic amines is 1. The van der Waals surface area contributed by atoms with Crippen molar-refractivity contribution in [2.24, 2.45) is 11.8 Å². The van der Waals surface area contributed by atoms with E-state index in [4.69, 9.17) is 23.1 Å². The van der Waals surface area contributed by atoms with Gasteiger partial charge in [0.1, 0.15) is 37.3 Å². The second kappa shape index (κ2) is 17.1. The molecule has 2 rings (SSSR count). The number of nitrogens with zero attached hydrogens (tertiary/aromatic N) is 1. The summed E-state index contributed by atoms with van der Waals surface area (Å²) in [4.78, 5) is 56.6. The number of hydrogen-bond acceptors (Lipinski definition) is 9. The van der Waals surface area contributed by atoms with Crippen LogP contribution in [0, 0.1) is 11.8 Å². The predicted octanol–water partition coefficient (Wildman–Crippen LogP) is 7.52. The van der Waals surface area contributed by atoms with Crippen molar-refractivity contribution in [3.63, 3.8) is 0 Å². The van der Waals surface area contributed by atoms with Gasteiger partial charge in [0.25, 0.3) is 5.56 Å². The molecule has 14 heteroatoms. The number of aromatic nitrogens is 2. The normalized spacial score (nSPS) is 20.6. The van der Waals surface area contributed by atoms with E-state index in [0.717, 1.165) is 0 Å². The number of H-pyrrole nitrogens is 1. The summed E-state index contributed by atoms with van der Waals surface area (Å²) in [5, 5.41) is -0.248. The van der Waals surface area contributed by atoms with E-state index < -0.39 is 70.5 Å². The first-order chi connectivity index (χ1) is 22.3. The number of nitrogens with one attached hydrogen (secondary N) is 1. The highest BCUT2D eigenvalue weighted by molar-refractivity contribution is 9.11. The minimum atomic E-state index is -2.35. The van der Waals surface area contributed by atoms with E-state index in [0.29, 0.717) is 12.8 Å². The lowest BCUT2D eigenvalue weighted by atomic mass is 10.1. The van der Waals surface area contributed by atoms with Crippen LogP contribution in [-0.4, -0.2) is 69.1 Å². The molecule has 0 radical (unpaired) electrons. The maximum atomic E-state index is 13.9. The first-order valence-electron chi connectivity index (χ1n) is 17.3. The van der Waals surface area contributed by atoms with Gasteiger partial charge in [-0.1, -0.05) is 85.2 Å². The number of hydrogen-bond donors (Lipinski definition) is 1. The van der Waals surface area contributed by atoms with E-state index in [1.165, 1.54) is 21.8 Å². The molecule has 1 fully saturated rings. The van der Waals surface area contributed by atoms with Gasteiger partial charge < -0.3 is 23.1 Å². The van der Waals surface area contributed by atoms with Crippen LogP contribution in [-0.2, 0) is 32.7 Å². The Labute approximate surface area is 303 Å². The number of carbonyl (C=O) groups is 2. The van der Waals surface area contributed by atoms with Gasteiger partial charge in [0.15, 0.2) is 16.6 Å². The van der Waals surface area contributed by atoms with Crippen LogP contribution >= 0.6 is 15.9 Å². The average molecular weight is 790 g/mol. The Morgan fingerprint density at radius 1 is 0.939 bits per heavy atom. The molecule has 11 nitrogen and oxygen atoms in total. The molecule has 0 aromatic carbocycles. The van der Waals surface area contributed by atoms with E-state index >= 15 is 0 Å². The molecule has 0 spiro atoms. The molecule has 0 bridgehead atoms. The third-order valence-corrected chi connectivity index (χ3v) is 19.0. The van der Waals surface area contributed by atoms with Gasteiger partial charge in [0.05, 0.1) is 5.56 Å².